The first-order chi connectivity index (χ1) is 15.6. The van der Waals surface area contributed by atoms with Crippen molar-refractivity contribution >= 4 is 10.2 Å². The Labute approximate surface area is 193 Å². The number of benzene rings is 2. The zero-order valence-corrected chi connectivity index (χ0v) is 19.7. The molecule has 4 rings (SSSR count). The first kappa shape index (κ1) is 23.4. The first-order valence-corrected chi connectivity index (χ1v) is 13.7. The van der Waals surface area contributed by atoms with Crippen LogP contribution in [-0.4, -0.2) is 24.8 Å². The van der Waals surface area contributed by atoms with Crippen LogP contribution in [0.4, 0.5) is 0 Å². The Morgan fingerprint density at radius 3 is 1.62 bits per heavy atom. The third-order valence-corrected chi connectivity index (χ3v) is 8.83. The van der Waals surface area contributed by atoms with E-state index in [9.17, 15) is 8.42 Å². The summed E-state index contributed by atoms with van der Waals surface area (Å²) in [6.45, 7) is 0. The van der Waals surface area contributed by atoms with Crippen LogP contribution in [0.1, 0.15) is 87.4 Å². The van der Waals surface area contributed by atoms with E-state index in [4.69, 9.17) is 5.73 Å². The summed E-state index contributed by atoms with van der Waals surface area (Å²) in [5.74, 6) is 0. The molecule has 2 aliphatic rings. The molecule has 2 aromatic carbocycles. The summed E-state index contributed by atoms with van der Waals surface area (Å²) in [7, 11) is -3.72. The van der Waals surface area contributed by atoms with Gasteiger partial charge in [0.1, 0.15) is 0 Å². The molecule has 5 nitrogen and oxygen atoms in total. The topological polar surface area (TPSA) is 75.4 Å². The van der Waals surface area contributed by atoms with Gasteiger partial charge in [-0.15, -0.1) is 0 Å². The van der Waals surface area contributed by atoms with Gasteiger partial charge in [0.05, 0.1) is 12.1 Å². The monoisotopic (exact) mass is 455 g/mol. The summed E-state index contributed by atoms with van der Waals surface area (Å²) in [5, 5.41) is 0. The molecule has 2 aromatic rings. The molecule has 0 amide bonds. The summed E-state index contributed by atoms with van der Waals surface area (Å²) in [4.78, 5) is 0. The molecule has 2 saturated carbocycles. The predicted octanol–water partition coefficient (Wildman–Crippen LogP) is 5.23. The van der Waals surface area contributed by atoms with E-state index in [1.165, 1.54) is 12.8 Å². The van der Waals surface area contributed by atoms with Gasteiger partial charge in [0, 0.05) is 12.1 Å². The van der Waals surface area contributed by atoms with Crippen molar-refractivity contribution < 1.29 is 8.42 Å². The minimum atomic E-state index is -3.72. The zero-order valence-electron chi connectivity index (χ0n) is 18.9. The molecule has 2 aliphatic carbocycles. The van der Waals surface area contributed by atoms with Gasteiger partial charge in [-0.1, -0.05) is 99.2 Å². The van der Waals surface area contributed by atoms with Crippen LogP contribution in [0.25, 0.3) is 0 Å². The fraction of sp³-hybridized carbons (Fsp3) is 0.538. The first-order valence-electron chi connectivity index (χ1n) is 12.2. The van der Waals surface area contributed by atoms with Crippen LogP contribution >= 0.6 is 0 Å². The minimum Gasteiger partial charge on any atom is -0.322 e. The minimum absolute atomic E-state index is 0.0914. The predicted molar refractivity (Wildman–Crippen MR) is 130 cm³/mol. The maximum absolute atomic E-state index is 14.0. The second kappa shape index (κ2) is 10.9. The fourth-order valence-corrected chi connectivity index (χ4v) is 7.39. The van der Waals surface area contributed by atoms with E-state index in [2.05, 4.69) is 4.72 Å². The lowest BCUT2D eigenvalue weighted by Gasteiger charge is -2.41. The van der Waals surface area contributed by atoms with Gasteiger partial charge >= 0.3 is 0 Å². The number of nitrogens with two attached hydrogens (primary N) is 1. The average molecular weight is 456 g/mol. The van der Waals surface area contributed by atoms with Gasteiger partial charge < -0.3 is 5.73 Å². The van der Waals surface area contributed by atoms with E-state index in [0.29, 0.717) is 0 Å². The third kappa shape index (κ3) is 5.60. The van der Waals surface area contributed by atoms with Gasteiger partial charge in [0.15, 0.2) is 0 Å². The molecular weight excluding hydrogens is 418 g/mol. The van der Waals surface area contributed by atoms with E-state index in [0.717, 1.165) is 62.5 Å². The van der Waals surface area contributed by atoms with Gasteiger partial charge in [0.2, 0.25) is 0 Å². The lowest BCUT2D eigenvalue weighted by molar-refractivity contribution is 0.166. The summed E-state index contributed by atoms with van der Waals surface area (Å²) >= 11 is 0. The van der Waals surface area contributed by atoms with E-state index >= 15 is 0 Å². The highest BCUT2D eigenvalue weighted by Crippen LogP contribution is 2.34. The second-order valence-corrected chi connectivity index (χ2v) is 11.0. The van der Waals surface area contributed by atoms with Crippen molar-refractivity contribution in [1.82, 2.24) is 9.03 Å². The zero-order chi connectivity index (χ0) is 22.4. The maximum atomic E-state index is 14.0. The SMILES string of the molecule is N[C@@H](c1ccccc1)[C@@H](NS(=O)(=O)N(C1CCCCC1)C1CCCCC1)c1ccccc1. The molecule has 0 aromatic heterocycles. The number of rotatable bonds is 8. The standard InChI is InChI=1S/C26H37N3O2S/c27-25(21-13-5-1-6-14-21)26(22-15-7-2-8-16-22)28-32(30,31)29(23-17-9-3-10-18-23)24-19-11-4-12-20-24/h1-2,5-8,13-16,23-26,28H,3-4,9-12,17-20,27H2/t25-,26-/m0/s1. The average Bonchev–Trinajstić information content (AvgIpc) is 2.84. The smallest absolute Gasteiger partial charge is 0.280 e. The second-order valence-electron chi connectivity index (χ2n) is 9.36. The van der Waals surface area contributed by atoms with Crippen molar-refractivity contribution in [3.05, 3.63) is 71.8 Å². The molecule has 2 fully saturated rings. The Bertz CT molecular complexity index is 906. The van der Waals surface area contributed by atoms with Crippen LogP contribution in [0.3, 0.4) is 0 Å². The largest absolute Gasteiger partial charge is 0.322 e. The van der Waals surface area contributed by atoms with E-state index in [1.807, 2.05) is 65.0 Å². The van der Waals surface area contributed by atoms with Gasteiger partial charge in [-0.25, -0.2) is 0 Å². The fourth-order valence-electron chi connectivity index (χ4n) is 5.46. The van der Waals surface area contributed by atoms with Crippen LogP contribution in [0.2, 0.25) is 0 Å². The van der Waals surface area contributed by atoms with Crippen LogP contribution < -0.4 is 10.5 Å². The molecule has 0 bridgehead atoms. The molecule has 0 aliphatic heterocycles. The molecular formula is C26H37N3O2S. The highest BCUT2D eigenvalue weighted by Gasteiger charge is 2.39. The van der Waals surface area contributed by atoms with Gasteiger partial charge in [-0.3, -0.25) is 0 Å². The maximum Gasteiger partial charge on any atom is 0.280 e. The van der Waals surface area contributed by atoms with E-state index in [-0.39, 0.29) is 12.1 Å². The molecule has 0 heterocycles. The molecule has 3 N–H and O–H groups in total. The molecule has 0 saturated heterocycles. The van der Waals surface area contributed by atoms with E-state index in [1.54, 1.807) is 0 Å². The number of nitrogens with one attached hydrogen (secondary N) is 1. The van der Waals surface area contributed by atoms with Crippen LogP contribution in [0, 0.1) is 0 Å². The Morgan fingerprint density at radius 1 is 0.719 bits per heavy atom. The summed E-state index contributed by atoms with van der Waals surface area (Å²) in [5.41, 5.74) is 8.50. The van der Waals surface area contributed by atoms with Crippen LogP contribution in [-0.2, 0) is 10.2 Å². The molecule has 0 unspecified atom stereocenters. The Morgan fingerprint density at radius 2 is 1.16 bits per heavy atom. The lowest BCUT2D eigenvalue weighted by Crippen LogP contribution is -2.54. The molecule has 6 heteroatoms. The Kier molecular flexibility index (Phi) is 8.00. The van der Waals surface area contributed by atoms with Crippen molar-refractivity contribution in [3.63, 3.8) is 0 Å². The molecule has 0 radical (unpaired) electrons. The summed E-state index contributed by atoms with van der Waals surface area (Å²) < 4.78 is 33.0. The quantitative estimate of drug-likeness (QED) is 0.572. The van der Waals surface area contributed by atoms with Crippen molar-refractivity contribution in [2.75, 3.05) is 0 Å². The molecule has 2 atom stereocenters. The number of hydrogen-bond acceptors (Lipinski definition) is 3. The Hall–Kier alpha value is -1.73. The van der Waals surface area contributed by atoms with Crippen LogP contribution in [0.5, 0.6) is 0 Å². The van der Waals surface area contributed by atoms with Gasteiger partial charge in [-0.2, -0.15) is 17.4 Å². The summed E-state index contributed by atoms with van der Waals surface area (Å²) in [6.07, 6.45) is 10.7. The van der Waals surface area contributed by atoms with Gasteiger partial charge in [-0.05, 0) is 36.8 Å². The number of nitrogens with zero attached hydrogens (tertiary/aromatic N) is 1. The summed E-state index contributed by atoms with van der Waals surface area (Å²) in [6, 6.07) is 18.7. The van der Waals surface area contributed by atoms with Crippen molar-refractivity contribution in [3.8, 4) is 0 Å². The lowest BCUT2D eigenvalue weighted by atomic mass is 9.91. The number of hydrogen-bond donors (Lipinski definition) is 2. The molecule has 0 spiro atoms. The van der Waals surface area contributed by atoms with Crippen molar-refractivity contribution in [2.24, 2.45) is 5.73 Å². The van der Waals surface area contributed by atoms with Crippen molar-refractivity contribution in [2.45, 2.75) is 88.4 Å². The normalized spacial score (nSPS) is 20.8. The third-order valence-electron chi connectivity index (χ3n) is 7.12. The molecule has 32 heavy (non-hydrogen) atoms. The molecule has 174 valence electrons. The Balaban J connectivity index is 1.66. The van der Waals surface area contributed by atoms with E-state index < -0.39 is 22.3 Å². The van der Waals surface area contributed by atoms with Crippen molar-refractivity contribution in [1.29, 1.82) is 0 Å². The van der Waals surface area contributed by atoms with Crippen LogP contribution in [0.15, 0.2) is 60.7 Å². The highest BCUT2D eigenvalue weighted by molar-refractivity contribution is 7.87. The highest BCUT2D eigenvalue weighted by atomic mass is 32.2. The van der Waals surface area contributed by atoms with Gasteiger partial charge in [0.25, 0.3) is 10.2 Å².